The van der Waals surface area contributed by atoms with Gasteiger partial charge in [-0.2, -0.15) is 0 Å². The Labute approximate surface area is 180 Å². The third-order valence-corrected chi connectivity index (χ3v) is 5.69. The zero-order valence-corrected chi connectivity index (χ0v) is 17.4. The highest BCUT2D eigenvalue weighted by atomic mass is 79.9. The molecule has 146 valence electrons. The first kappa shape index (κ1) is 19.6. The third-order valence-electron chi connectivity index (χ3n) is 4.76. The van der Waals surface area contributed by atoms with Gasteiger partial charge in [0, 0.05) is 20.7 Å². The molecule has 7 heteroatoms. The van der Waals surface area contributed by atoms with Crippen molar-refractivity contribution < 1.29 is 14.0 Å². The summed E-state index contributed by atoms with van der Waals surface area (Å²) in [6, 6.07) is 17.4. The fraction of sp³-hybridized carbons (Fsp3) is 0.0909. The van der Waals surface area contributed by atoms with Gasteiger partial charge in [-0.25, -0.2) is 4.39 Å². The number of nitrogens with one attached hydrogen (secondary N) is 1. The van der Waals surface area contributed by atoms with Crippen molar-refractivity contribution in [3.8, 4) is 0 Å². The predicted octanol–water partition coefficient (Wildman–Crippen LogP) is 5.43. The third kappa shape index (κ3) is 3.91. The van der Waals surface area contributed by atoms with Crippen molar-refractivity contribution in [2.75, 3.05) is 11.9 Å². The second-order valence-corrected chi connectivity index (χ2v) is 7.94. The molecule has 4 nitrogen and oxygen atoms in total. The van der Waals surface area contributed by atoms with E-state index in [4.69, 9.17) is 11.6 Å². The number of amides is 2. The Morgan fingerprint density at radius 3 is 2.55 bits per heavy atom. The Balaban J connectivity index is 1.91. The van der Waals surface area contributed by atoms with Crippen molar-refractivity contribution in [2.45, 2.75) is 6.04 Å². The molecule has 4 rings (SSSR count). The van der Waals surface area contributed by atoms with Gasteiger partial charge in [-0.1, -0.05) is 35.9 Å². The number of fused-ring (bicyclic) bond motifs is 1. The summed E-state index contributed by atoms with van der Waals surface area (Å²) in [7, 11) is 0. The zero-order chi connectivity index (χ0) is 20.5. The summed E-state index contributed by atoms with van der Waals surface area (Å²) in [6.07, 6.45) is 0. The van der Waals surface area contributed by atoms with Crippen LogP contribution in [0.1, 0.15) is 27.5 Å². The molecule has 0 aliphatic carbocycles. The molecule has 1 N–H and O–H groups in total. The number of hydrogen-bond acceptors (Lipinski definition) is 2. The van der Waals surface area contributed by atoms with E-state index in [2.05, 4.69) is 21.2 Å². The molecule has 1 atom stereocenters. The van der Waals surface area contributed by atoms with Crippen LogP contribution in [0.3, 0.4) is 0 Å². The van der Waals surface area contributed by atoms with Crippen LogP contribution in [0.25, 0.3) is 0 Å². The minimum absolute atomic E-state index is 0.158. The highest BCUT2D eigenvalue weighted by Crippen LogP contribution is 2.38. The second-order valence-electron chi connectivity index (χ2n) is 6.65. The molecule has 2 amide bonds. The van der Waals surface area contributed by atoms with Crippen LogP contribution in [0.4, 0.5) is 10.1 Å². The Kier molecular flexibility index (Phi) is 5.39. The van der Waals surface area contributed by atoms with Crippen LogP contribution in [0.5, 0.6) is 0 Å². The van der Waals surface area contributed by atoms with Gasteiger partial charge >= 0.3 is 0 Å². The first-order valence-corrected chi connectivity index (χ1v) is 10.0. The summed E-state index contributed by atoms with van der Waals surface area (Å²) in [4.78, 5) is 27.5. The normalized spacial score (nSPS) is 16.0. The maximum Gasteiger partial charge on any atom is 0.256 e. The van der Waals surface area contributed by atoms with E-state index in [0.717, 1.165) is 0 Å². The fourth-order valence-corrected chi connectivity index (χ4v) is 4.10. The second kappa shape index (κ2) is 7.97. The highest BCUT2D eigenvalue weighted by Gasteiger charge is 2.34. The molecular formula is C22H15BrClFN2O2. The van der Waals surface area contributed by atoms with Crippen LogP contribution in [0.2, 0.25) is 5.02 Å². The minimum Gasteiger partial charge on any atom is -0.324 e. The molecule has 0 saturated carbocycles. The average molecular weight is 474 g/mol. The standard InChI is InChI=1S/C22H15BrClFN2O2/c23-18-4-2-1-3-16(18)22(29)27-12-20(28)26-19-10-7-14(24)11-17(19)21(27)13-5-8-15(25)9-6-13/h1-11,21H,12H2,(H,26,28)/t21-/m0/s1. The van der Waals surface area contributed by atoms with Crippen molar-refractivity contribution in [1.82, 2.24) is 4.90 Å². The zero-order valence-electron chi connectivity index (χ0n) is 15.0. The number of carbonyl (C=O) groups excluding carboxylic acids is 2. The first-order valence-electron chi connectivity index (χ1n) is 8.84. The largest absolute Gasteiger partial charge is 0.324 e. The van der Waals surface area contributed by atoms with Crippen molar-refractivity contribution in [3.05, 3.63) is 98.7 Å². The molecule has 0 aromatic heterocycles. The minimum atomic E-state index is -0.622. The lowest BCUT2D eigenvalue weighted by Crippen LogP contribution is -2.39. The van der Waals surface area contributed by atoms with Gasteiger partial charge in [0.2, 0.25) is 5.91 Å². The number of carbonyl (C=O) groups is 2. The molecule has 29 heavy (non-hydrogen) atoms. The highest BCUT2D eigenvalue weighted by molar-refractivity contribution is 9.10. The van der Waals surface area contributed by atoms with Crippen molar-refractivity contribution >= 4 is 45.0 Å². The van der Waals surface area contributed by atoms with Crippen LogP contribution in [-0.2, 0) is 4.79 Å². The molecule has 0 bridgehead atoms. The lowest BCUT2D eigenvalue weighted by molar-refractivity contribution is -0.117. The van der Waals surface area contributed by atoms with E-state index in [1.54, 1.807) is 48.5 Å². The van der Waals surface area contributed by atoms with Gasteiger partial charge in [0.15, 0.2) is 0 Å². The van der Waals surface area contributed by atoms with Gasteiger partial charge in [0.1, 0.15) is 12.4 Å². The molecule has 0 saturated heterocycles. The fourth-order valence-electron chi connectivity index (χ4n) is 3.46. The first-order chi connectivity index (χ1) is 13.9. The number of rotatable bonds is 2. The smallest absolute Gasteiger partial charge is 0.256 e. The monoisotopic (exact) mass is 472 g/mol. The molecule has 0 spiro atoms. The summed E-state index contributed by atoms with van der Waals surface area (Å²) in [6.45, 7) is -0.158. The molecule has 1 aliphatic heterocycles. The SMILES string of the molecule is O=C1CN(C(=O)c2ccccc2Br)[C@@H](c2ccc(F)cc2)c2cc(Cl)ccc2N1. The number of anilines is 1. The summed E-state index contributed by atoms with van der Waals surface area (Å²) in [5.74, 6) is -1.03. The van der Waals surface area contributed by atoms with Gasteiger partial charge in [0.25, 0.3) is 5.91 Å². The maximum absolute atomic E-state index is 13.6. The molecule has 0 radical (unpaired) electrons. The van der Waals surface area contributed by atoms with Crippen LogP contribution >= 0.6 is 27.5 Å². The lowest BCUT2D eigenvalue weighted by atomic mass is 9.95. The van der Waals surface area contributed by atoms with Gasteiger partial charge in [-0.3, -0.25) is 9.59 Å². The number of nitrogens with zero attached hydrogens (tertiary/aromatic N) is 1. The van der Waals surface area contributed by atoms with Gasteiger partial charge < -0.3 is 10.2 Å². The molecular weight excluding hydrogens is 459 g/mol. The molecule has 1 heterocycles. The number of benzene rings is 3. The quantitative estimate of drug-likeness (QED) is 0.540. The average Bonchev–Trinajstić information content (AvgIpc) is 2.84. The van der Waals surface area contributed by atoms with Crippen LogP contribution in [0.15, 0.2) is 71.2 Å². The number of hydrogen-bond donors (Lipinski definition) is 1. The van der Waals surface area contributed by atoms with Gasteiger partial charge in [0.05, 0.1) is 11.6 Å². The molecule has 1 aliphatic rings. The van der Waals surface area contributed by atoms with Gasteiger partial charge in [-0.15, -0.1) is 0 Å². The van der Waals surface area contributed by atoms with E-state index in [-0.39, 0.29) is 24.2 Å². The number of halogens is 3. The van der Waals surface area contributed by atoms with Crippen molar-refractivity contribution in [3.63, 3.8) is 0 Å². The summed E-state index contributed by atoms with van der Waals surface area (Å²) in [5, 5.41) is 3.31. The maximum atomic E-state index is 13.6. The van der Waals surface area contributed by atoms with E-state index in [1.165, 1.54) is 17.0 Å². The van der Waals surface area contributed by atoms with Crippen LogP contribution in [-0.4, -0.2) is 23.3 Å². The molecule has 0 fully saturated rings. The predicted molar refractivity (Wildman–Crippen MR) is 114 cm³/mol. The summed E-state index contributed by atoms with van der Waals surface area (Å²) >= 11 is 9.64. The van der Waals surface area contributed by atoms with E-state index < -0.39 is 6.04 Å². The Hall–Kier alpha value is -2.70. The topological polar surface area (TPSA) is 49.4 Å². The Morgan fingerprint density at radius 2 is 1.83 bits per heavy atom. The molecule has 0 unspecified atom stereocenters. The lowest BCUT2D eigenvalue weighted by Gasteiger charge is -2.31. The van der Waals surface area contributed by atoms with Crippen LogP contribution in [0, 0.1) is 5.82 Å². The van der Waals surface area contributed by atoms with Crippen molar-refractivity contribution in [1.29, 1.82) is 0 Å². The Bertz CT molecular complexity index is 1100. The Morgan fingerprint density at radius 1 is 1.10 bits per heavy atom. The van der Waals surface area contributed by atoms with Crippen molar-refractivity contribution in [2.24, 2.45) is 0 Å². The van der Waals surface area contributed by atoms with E-state index in [9.17, 15) is 14.0 Å². The molecule has 3 aromatic rings. The van der Waals surface area contributed by atoms with Crippen LogP contribution < -0.4 is 5.32 Å². The van der Waals surface area contributed by atoms with E-state index in [0.29, 0.717) is 31.9 Å². The summed E-state index contributed by atoms with van der Waals surface area (Å²) < 4.78 is 14.2. The van der Waals surface area contributed by atoms with E-state index >= 15 is 0 Å². The van der Waals surface area contributed by atoms with E-state index in [1.807, 2.05) is 6.07 Å². The summed E-state index contributed by atoms with van der Waals surface area (Å²) in [5.41, 5.74) is 2.33. The van der Waals surface area contributed by atoms with Gasteiger partial charge in [-0.05, 0) is 64.0 Å². The molecule has 3 aromatic carbocycles.